The van der Waals surface area contributed by atoms with Gasteiger partial charge >= 0.3 is 47.8 Å². The van der Waals surface area contributed by atoms with Gasteiger partial charge in [-0.05, 0) is 18.2 Å². The van der Waals surface area contributed by atoms with E-state index in [1.807, 2.05) is 0 Å². The van der Waals surface area contributed by atoms with Gasteiger partial charge in [-0.3, -0.25) is 43.2 Å². The lowest BCUT2D eigenvalue weighted by Gasteiger charge is -2.45. The Morgan fingerprint density at radius 2 is 1.11 bits per heavy atom. The lowest BCUT2D eigenvalue weighted by Crippen LogP contribution is -2.59. The number of ether oxygens (including phenoxy) is 9. The lowest BCUT2D eigenvalue weighted by atomic mass is 9.88. The minimum Gasteiger partial charge on any atom is -0.463 e. The normalized spacial score (nSPS) is 18.8. The third-order valence-corrected chi connectivity index (χ3v) is 7.48. The molecule has 1 aliphatic rings. The molecule has 5 atom stereocenters. The van der Waals surface area contributed by atoms with Gasteiger partial charge in [-0.2, -0.15) is 0 Å². The van der Waals surface area contributed by atoms with E-state index in [4.69, 9.17) is 47.0 Å². The van der Waals surface area contributed by atoms with Crippen molar-refractivity contribution in [3.05, 3.63) is 46.1 Å². The molecule has 0 radical (unpaired) electrons. The molecule has 2 heterocycles. The minimum atomic E-state index is -1.79. The summed E-state index contributed by atoms with van der Waals surface area (Å²) in [7, 11) is 0. The maximum atomic E-state index is 14.1. The van der Waals surface area contributed by atoms with Crippen LogP contribution >= 0.6 is 0 Å². The van der Waals surface area contributed by atoms with Gasteiger partial charge < -0.3 is 47.0 Å². The maximum absolute atomic E-state index is 14.1. The monoisotopic (exact) mass is 784 g/mol. The highest BCUT2D eigenvalue weighted by Gasteiger charge is 2.54. The Kier molecular flexibility index (Phi) is 13.3. The summed E-state index contributed by atoms with van der Waals surface area (Å²) in [5.74, 6) is -8.61. The quantitative estimate of drug-likeness (QED) is 0.154. The van der Waals surface area contributed by atoms with Crippen LogP contribution in [0.2, 0.25) is 0 Å². The molecule has 1 saturated heterocycles. The highest BCUT2D eigenvalue weighted by atomic mass is 16.7. The van der Waals surface area contributed by atoms with Crippen molar-refractivity contribution in [2.24, 2.45) is 0 Å². The van der Waals surface area contributed by atoms with Crippen molar-refractivity contribution >= 4 is 58.7 Å². The van der Waals surface area contributed by atoms with Gasteiger partial charge in [0.25, 0.3) is 0 Å². The Balaban J connectivity index is 2.08. The van der Waals surface area contributed by atoms with Crippen LogP contribution in [0.1, 0.15) is 67.1 Å². The van der Waals surface area contributed by atoms with Crippen LogP contribution in [0.3, 0.4) is 0 Å². The third kappa shape index (κ3) is 10.3. The number of rotatable bonds is 11. The molecule has 2 aromatic carbocycles. The summed E-state index contributed by atoms with van der Waals surface area (Å²) < 4.78 is 55.4. The molecule has 1 aromatic heterocycles. The molecule has 0 unspecified atom stereocenters. The smallest absolute Gasteiger partial charge is 0.308 e. The summed E-state index contributed by atoms with van der Waals surface area (Å²) in [5, 5.41) is -0.431. The largest absolute Gasteiger partial charge is 0.463 e. The van der Waals surface area contributed by atoms with E-state index in [9.17, 15) is 43.2 Å². The third-order valence-electron chi connectivity index (χ3n) is 7.48. The molecule has 0 amide bonds. The molecular weight excluding hydrogens is 748 g/mol. The summed E-state index contributed by atoms with van der Waals surface area (Å²) in [6.07, 6.45) is -8.34. The van der Waals surface area contributed by atoms with E-state index >= 15 is 0 Å². The molecule has 0 N–H and O–H groups in total. The second-order valence-electron chi connectivity index (χ2n) is 12.1. The number of hydrogen-bond donors (Lipinski definition) is 0. The number of fused-ring (bicyclic) bond motifs is 1. The van der Waals surface area contributed by atoms with E-state index in [-0.39, 0.29) is 28.4 Å². The zero-order valence-corrected chi connectivity index (χ0v) is 31.2. The van der Waals surface area contributed by atoms with Crippen LogP contribution in [0, 0.1) is 0 Å². The SMILES string of the molecule is CC(=O)OC[C@H]1O[C@@H](c2c(OC(C)=O)cc3oc(-c4ccc(OC(C)=O)c(OC(C)=O)c4)cc(=O)c3c2OC(C)=O)[C@H](OC(C)=O)[C@@H](OC(C)=O)[C@@H]1OC(C)=O. The van der Waals surface area contributed by atoms with Gasteiger partial charge in [0.2, 0.25) is 0 Å². The Morgan fingerprint density at radius 1 is 0.571 bits per heavy atom. The van der Waals surface area contributed by atoms with Crippen molar-refractivity contribution in [1.82, 2.24) is 0 Å². The molecular formula is C37H36O19. The van der Waals surface area contributed by atoms with E-state index in [1.54, 1.807) is 0 Å². The van der Waals surface area contributed by atoms with Crippen LogP contribution in [-0.2, 0) is 62.0 Å². The first-order valence-electron chi connectivity index (χ1n) is 16.6. The molecule has 298 valence electrons. The molecule has 1 fully saturated rings. The minimum absolute atomic E-state index is 0.122. The van der Waals surface area contributed by atoms with Crippen LogP contribution in [0.15, 0.2) is 39.5 Å². The van der Waals surface area contributed by atoms with Gasteiger partial charge in [0.15, 0.2) is 41.0 Å². The summed E-state index contributed by atoms with van der Waals surface area (Å²) >= 11 is 0. The number of carbonyl (C=O) groups is 8. The summed E-state index contributed by atoms with van der Waals surface area (Å²) in [6.45, 7) is 7.71. The van der Waals surface area contributed by atoms with Crippen LogP contribution in [0.5, 0.6) is 23.0 Å². The van der Waals surface area contributed by atoms with Crippen molar-refractivity contribution in [1.29, 1.82) is 0 Å². The van der Waals surface area contributed by atoms with Crippen LogP contribution in [-0.4, -0.2) is 78.8 Å². The van der Waals surface area contributed by atoms with E-state index in [1.165, 1.54) is 18.2 Å². The van der Waals surface area contributed by atoms with Crippen molar-refractivity contribution in [2.75, 3.05) is 6.61 Å². The Bertz CT molecular complexity index is 2160. The van der Waals surface area contributed by atoms with Crippen molar-refractivity contribution in [3.8, 4) is 34.3 Å². The average Bonchev–Trinajstić information content (AvgIpc) is 3.05. The van der Waals surface area contributed by atoms with Crippen LogP contribution in [0.4, 0.5) is 0 Å². The lowest BCUT2D eigenvalue weighted by molar-refractivity contribution is -0.254. The topological polar surface area (TPSA) is 250 Å². The molecule has 0 aliphatic carbocycles. The number of hydrogen-bond acceptors (Lipinski definition) is 19. The number of esters is 8. The van der Waals surface area contributed by atoms with Gasteiger partial charge in [0, 0.05) is 73.1 Å². The van der Waals surface area contributed by atoms with Gasteiger partial charge in [-0.25, -0.2) is 0 Å². The zero-order chi connectivity index (χ0) is 41.6. The molecule has 3 aromatic rings. The predicted molar refractivity (Wildman–Crippen MR) is 184 cm³/mol. The molecule has 0 spiro atoms. The van der Waals surface area contributed by atoms with Crippen molar-refractivity contribution in [3.63, 3.8) is 0 Å². The summed E-state index contributed by atoms with van der Waals surface area (Å²) in [6, 6.07) is 5.95. The summed E-state index contributed by atoms with van der Waals surface area (Å²) in [4.78, 5) is 112. The molecule has 1 aliphatic heterocycles. The average molecular weight is 785 g/mol. The van der Waals surface area contributed by atoms with Gasteiger partial charge in [0.05, 0.1) is 5.56 Å². The Labute approximate surface area is 316 Å². The van der Waals surface area contributed by atoms with Crippen molar-refractivity contribution in [2.45, 2.75) is 85.9 Å². The molecule has 0 bridgehead atoms. The van der Waals surface area contributed by atoms with E-state index in [0.717, 1.165) is 67.5 Å². The van der Waals surface area contributed by atoms with Crippen LogP contribution in [0.25, 0.3) is 22.3 Å². The Morgan fingerprint density at radius 3 is 1.66 bits per heavy atom. The molecule has 19 heteroatoms. The van der Waals surface area contributed by atoms with Gasteiger partial charge in [0.1, 0.15) is 41.3 Å². The first-order valence-corrected chi connectivity index (χ1v) is 16.6. The fourth-order valence-electron chi connectivity index (χ4n) is 5.78. The van der Waals surface area contributed by atoms with Gasteiger partial charge in [-0.1, -0.05) is 0 Å². The second kappa shape index (κ2) is 17.7. The molecule has 56 heavy (non-hydrogen) atoms. The fraction of sp³-hybridized carbons (Fsp3) is 0.378. The first-order chi connectivity index (χ1) is 26.2. The van der Waals surface area contributed by atoms with E-state index in [0.29, 0.717) is 0 Å². The molecule has 4 rings (SSSR count). The zero-order valence-electron chi connectivity index (χ0n) is 31.2. The molecule has 19 nitrogen and oxygen atoms in total. The standard InChI is InChI=1S/C37H36O19/c1-15(38)47-14-30-33(51-19(5)42)36(53-21(7)44)37(54-22(8)45)35(56-30)32-29(50-18(4)41)13-28-31(34(32)52-20(6)43)24(46)12-26(55-28)23-9-10-25(48-16(2)39)27(11-23)49-17(3)40/h9-13,30,33,35-37H,14H2,1-8H3/t30-,33-,35+,36+,37+/m1/s1. The van der Waals surface area contributed by atoms with Crippen LogP contribution < -0.4 is 24.4 Å². The molecule has 0 saturated carbocycles. The van der Waals surface area contributed by atoms with Crippen molar-refractivity contribution < 1.29 is 85.4 Å². The first kappa shape index (κ1) is 42.1. The number of benzene rings is 2. The summed E-state index contributed by atoms with van der Waals surface area (Å²) in [5.41, 5.74) is -1.49. The van der Waals surface area contributed by atoms with Gasteiger partial charge in [-0.15, -0.1) is 0 Å². The fourth-order valence-corrected chi connectivity index (χ4v) is 5.78. The van der Waals surface area contributed by atoms with E-state index in [2.05, 4.69) is 0 Å². The number of carbonyl (C=O) groups excluding carboxylic acids is 8. The predicted octanol–water partition coefficient (Wildman–Crippen LogP) is 2.96. The Hall–Kier alpha value is -6.63. The highest BCUT2D eigenvalue weighted by molar-refractivity contribution is 5.92. The maximum Gasteiger partial charge on any atom is 0.308 e. The highest BCUT2D eigenvalue weighted by Crippen LogP contribution is 2.48. The van der Waals surface area contributed by atoms with E-state index < -0.39 is 113 Å². The second-order valence-corrected chi connectivity index (χ2v) is 12.1.